The van der Waals surface area contributed by atoms with Crippen molar-refractivity contribution in [2.24, 2.45) is 0 Å². The van der Waals surface area contributed by atoms with E-state index in [9.17, 15) is 21.6 Å². The molecular weight excluding hydrogens is 506 g/mol. The Kier molecular flexibility index (Phi) is 5.20. The van der Waals surface area contributed by atoms with E-state index in [4.69, 9.17) is 11.6 Å². The third kappa shape index (κ3) is 3.51. The number of Topliss-reactive ketones (excluding diaryl/α,β-unsaturated/α-hetero) is 1. The van der Waals surface area contributed by atoms with Crippen LogP contribution in [0.4, 0.5) is 5.82 Å². The summed E-state index contributed by atoms with van der Waals surface area (Å²) in [6, 6.07) is 7.58. The summed E-state index contributed by atoms with van der Waals surface area (Å²) in [6.07, 6.45) is 2.46. The van der Waals surface area contributed by atoms with Crippen LogP contribution in [0.1, 0.15) is 39.5 Å². The van der Waals surface area contributed by atoms with Crippen molar-refractivity contribution in [2.45, 2.75) is 58.7 Å². The van der Waals surface area contributed by atoms with Gasteiger partial charge in [-0.25, -0.2) is 8.42 Å². The molecule has 3 heterocycles. The number of thiophene rings is 1. The van der Waals surface area contributed by atoms with Gasteiger partial charge in [-0.3, -0.25) is 4.79 Å². The molecule has 0 radical (unpaired) electrons. The van der Waals surface area contributed by atoms with Crippen LogP contribution in [0.5, 0.6) is 0 Å². The van der Waals surface area contributed by atoms with Crippen LogP contribution in [0.2, 0.25) is 5.02 Å². The first-order valence-corrected chi connectivity index (χ1v) is 14.7. The van der Waals surface area contributed by atoms with E-state index < -0.39 is 25.1 Å². The van der Waals surface area contributed by atoms with Crippen LogP contribution in [0.15, 0.2) is 38.8 Å². The molecular formula is C21H22ClN3O5S3. The maximum atomic E-state index is 13.6. The van der Waals surface area contributed by atoms with Crippen LogP contribution in [-0.4, -0.2) is 49.1 Å². The lowest BCUT2D eigenvalue weighted by atomic mass is 9.98. The van der Waals surface area contributed by atoms with Crippen molar-refractivity contribution < 1.29 is 21.6 Å². The smallest absolute Gasteiger partial charge is 0.293 e. The van der Waals surface area contributed by atoms with Crippen LogP contribution in [0.25, 0.3) is 10.9 Å². The predicted octanol–water partition coefficient (Wildman–Crippen LogP) is 3.87. The van der Waals surface area contributed by atoms with Crippen LogP contribution >= 0.6 is 22.9 Å². The molecule has 2 aromatic heterocycles. The topological polar surface area (TPSA) is 106 Å². The molecule has 8 nitrogen and oxygen atoms in total. The van der Waals surface area contributed by atoms with Crippen molar-refractivity contribution in [3.8, 4) is 0 Å². The summed E-state index contributed by atoms with van der Waals surface area (Å²) in [5, 5.41) is 4.71. The summed E-state index contributed by atoms with van der Waals surface area (Å²) in [5.74, 6) is 0.638. The molecule has 176 valence electrons. The van der Waals surface area contributed by atoms with Crippen LogP contribution in [-0.2, 0) is 24.7 Å². The van der Waals surface area contributed by atoms with Crippen LogP contribution in [0.3, 0.4) is 0 Å². The lowest BCUT2D eigenvalue weighted by Gasteiger charge is -2.36. The summed E-state index contributed by atoms with van der Waals surface area (Å²) in [4.78, 5) is 14.1. The Morgan fingerprint density at radius 3 is 2.45 bits per heavy atom. The van der Waals surface area contributed by atoms with E-state index in [1.165, 1.54) is 12.1 Å². The Bertz CT molecular complexity index is 1500. The largest absolute Gasteiger partial charge is 0.348 e. The second-order valence-electron chi connectivity index (χ2n) is 8.81. The quantitative estimate of drug-likeness (QED) is 0.495. The Balaban J connectivity index is 1.67. The molecule has 1 saturated heterocycles. The zero-order valence-electron chi connectivity index (χ0n) is 18.0. The van der Waals surface area contributed by atoms with Gasteiger partial charge in [0, 0.05) is 24.9 Å². The van der Waals surface area contributed by atoms with Gasteiger partial charge in [-0.2, -0.15) is 12.5 Å². The number of hydrogen-bond acceptors (Lipinski definition) is 8. The van der Waals surface area contributed by atoms with E-state index in [1.54, 1.807) is 32.0 Å². The molecule has 0 amide bonds. The van der Waals surface area contributed by atoms with E-state index >= 15 is 0 Å². The lowest BCUT2D eigenvalue weighted by Crippen LogP contribution is -2.45. The first-order valence-electron chi connectivity index (χ1n) is 10.5. The number of nitrogens with zero attached hydrogens (tertiary/aromatic N) is 3. The number of rotatable bonds is 5. The Hall–Kier alpha value is -1.95. The lowest BCUT2D eigenvalue weighted by molar-refractivity contribution is -0.120. The highest BCUT2D eigenvalue weighted by molar-refractivity contribution is 7.95. The highest BCUT2D eigenvalue weighted by Gasteiger charge is 2.53. The van der Waals surface area contributed by atoms with Crippen LogP contribution < -0.4 is 4.90 Å². The van der Waals surface area contributed by atoms with Crippen molar-refractivity contribution in [2.75, 3.05) is 11.4 Å². The maximum absolute atomic E-state index is 13.6. The van der Waals surface area contributed by atoms with Gasteiger partial charge >= 0.3 is 0 Å². The molecule has 12 heteroatoms. The van der Waals surface area contributed by atoms with E-state index in [0.717, 1.165) is 16.9 Å². The summed E-state index contributed by atoms with van der Waals surface area (Å²) in [5.41, 5.74) is -0.0156. The maximum Gasteiger partial charge on any atom is 0.293 e. The highest BCUT2D eigenvalue weighted by atomic mass is 35.5. The molecule has 0 bridgehead atoms. The SMILES string of the molecule is CC(C)S(=O)(=O)c1ccc(S(=O)(=O)n2nc(N3CCC(=O)CC34CC4)c3c(Cl)cccc32)s1. The number of anilines is 1. The van der Waals surface area contributed by atoms with Crippen molar-refractivity contribution >= 4 is 65.3 Å². The number of carbonyl (C=O) groups is 1. The number of hydrogen-bond donors (Lipinski definition) is 0. The van der Waals surface area contributed by atoms with Crippen molar-refractivity contribution in [3.05, 3.63) is 35.4 Å². The van der Waals surface area contributed by atoms with Gasteiger partial charge < -0.3 is 4.90 Å². The fraction of sp³-hybridized carbons (Fsp3) is 0.429. The molecule has 5 rings (SSSR count). The molecule has 2 aliphatic rings. The molecule has 0 atom stereocenters. The van der Waals surface area contributed by atoms with Gasteiger partial charge in [0.25, 0.3) is 10.0 Å². The Morgan fingerprint density at radius 1 is 1.09 bits per heavy atom. The molecule has 1 aromatic carbocycles. The number of benzene rings is 1. The normalized spacial score (nSPS) is 18.5. The summed E-state index contributed by atoms with van der Waals surface area (Å²) < 4.78 is 53.1. The Labute approximate surface area is 201 Å². The zero-order chi connectivity index (χ0) is 23.8. The third-order valence-electron chi connectivity index (χ3n) is 6.34. The number of carbonyl (C=O) groups excluding carboxylic acids is 1. The molecule has 2 fully saturated rings. The molecule has 3 aromatic rings. The van der Waals surface area contributed by atoms with E-state index in [1.807, 2.05) is 4.90 Å². The van der Waals surface area contributed by atoms with Gasteiger partial charge in [0.2, 0.25) is 0 Å². The van der Waals surface area contributed by atoms with Gasteiger partial charge in [-0.1, -0.05) is 17.7 Å². The molecule has 1 aliphatic carbocycles. The number of piperidine rings is 1. The average Bonchev–Trinajstić information content (AvgIpc) is 3.17. The van der Waals surface area contributed by atoms with Gasteiger partial charge in [-0.15, -0.1) is 16.4 Å². The number of aromatic nitrogens is 2. The fourth-order valence-corrected chi connectivity index (χ4v) is 9.14. The van der Waals surface area contributed by atoms with Gasteiger partial charge in [0.15, 0.2) is 15.7 Å². The molecule has 1 saturated carbocycles. The average molecular weight is 528 g/mol. The third-order valence-corrected chi connectivity index (χ3v) is 12.5. The molecule has 1 spiro atoms. The monoisotopic (exact) mass is 527 g/mol. The van der Waals surface area contributed by atoms with Crippen molar-refractivity contribution in [3.63, 3.8) is 0 Å². The van der Waals surface area contributed by atoms with E-state index in [0.29, 0.717) is 52.5 Å². The number of sulfone groups is 1. The van der Waals surface area contributed by atoms with Gasteiger partial charge in [0.05, 0.1) is 21.2 Å². The minimum absolute atomic E-state index is 0.00253. The van der Waals surface area contributed by atoms with Gasteiger partial charge in [-0.05, 0) is 51.0 Å². The summed E-state index contributed by atoms with van der Waals surface area (Å²) >= 11 is 7.23. The fourth-order valence-electron chi connectivity index (χ4n) is 4.31. The molecule has 1 aliphatic heterocycles. The van der Waals surface area contributed by atoms with Crippen molar-refractivity contribution in [1.82, 2.24) is 9.19 Å². The molecule has 0 N–H and O–H groups in total. The summed E-state index contributed by atoms with van der Waals surface area (Å²) in [6.45, 7) is 3.55. The second kappa shape index (κ2) is 7.53. The summed E-state index contributed by atoms with van der Waals surface area (Å²) in [7, 11) is -7.79. The standard InChI is InChI=1S/C21H22ClN3O5S3/c1-13(2)32(27,28)17-6-7-18(31-17)33(29,30)25-16-5-3-4-15(22)19(16)20(23-25)24-11-8-14(26)12-21(24)9-10-21/h3-7,13H,8-12H2,1-2H3. The number of fused-ring (bicyclic) bond motifs is 1. The molecule has 33 heavy (non-hydrogen) atoms. The van der Waals surface area contributed by atoms with Gasteiger partial charge in [0.1, 0.15) is 14.2 Å². The minimum Gasteiger partial charge on any atom is -0.348 e. The zero-order valence-corrected chi connectivity index (χ0v) is 21.2. The second-order valence-corrected chi connectivity index (χ2v) is 15.0. The first-order chi connectivity index (χ1) is 15.5. The predicted molar refractivity (Wildman–Crippen MR) is 128 cm³/mol. The van der Waals surface area contributed by atoms with E-state index in [-0.39, 0.29) is 19.7 Å². The highest BCUT2D eigenvalue weighted by Crippen LogP contribution is 2.51. The Morgan fingerprint density at radius 2 is 1.79 bits per heavy atom. The van der Waals surface area contributed by atoms with E-state index in [2.05, 4.69) is 5.10 Å². The number of ketones is 1. The first kappa shape index (κ1) is 22.8. The van der Waals surface area contributed by atoms with Crippen molar-refractivity contribution in [1.29, 1.82) is 0 Å². The minimum atomic E-state index is -4.19. The molecule has 0 unspecified atom stereocenters. The van der Waals surface area contributed by atoms with Crippen LogP contribution in [0, 0.1) is 0 Å². The number of halogens is 1.